The summed E-state index contributed by atoms with van der Waals surface area (Å²) in [5.74, 6) is 0. The molecule has 14 heavy (non-hydrogen) atoms. The van der Waals surface area contributed by atoms with Crippen LogP contribution in [-0.4, -0.2) is 11.0 Å². The molecular formula is C11H19NO2. The van der Waals surface area contributed by atoms with Gasteiger partial charge in [-0.1, -0.05) is 37.1 Å². The average molecular weight is 197 g/mol. The molecule has 0 atom stereocenters. The quantitative estimate of drug-likeness (QED) is 0.478. The maximum absolute atomic E-state index is 10.5. The van der Waals surface area contributed by atoms with Crippen molar-refractivity contribution in [3.05, 3.63) is 33.4 Å². The van der Waals surface area contributed by atoms with Crippen LogP contribution >= 0.6 is 0 Å². The molecular weight excluding hydrogens is 178 g/mol. The second-order valence-electron chi connectivity index (χ2n) is 3.18. The molecule has 0 aromatic carbocycles. The van der Waals surface area contributed by atoms with E-state index in [1.165, 1.54) is 11.1 Å². The van der Waals surface area contributed by atoms with Gasteiger partial charge in [-0.2, -0.15) is 0 Å². The lowest BCUT2D eigenvalue weighted by molar-refractivity contribution is -0.520. The van der Waals surface area contributed by atoms with Crippen LogP contribution in [0.25, 0.3) is 0 Å². The summed E-state index contributed by atoms with van der Waals surface area (Å²) in [6.45, 7) is 7.99. The van der Waals surface area contributed by atoms with Crippen molar-refractivity contribution in [2.45, 2.75) is 46.6 Å². The van der Waals surface area contributed by atoms with Gasteiger partial charge in [0.1, 0.15) is 0 Å². The number of hydrogen-bond donors (Lipinski definition) is 0. The highest BCUT2D eigenvalue weighted by Gasteiger charge is 2.19. The van der Waals surface area contributed by atoms with E-state index in [1.807, 2.05) is 39.8 Å². The van der Waals surface area contributed by atoms with Gasteiger partial charge >= 0.3 is 0 Å². The van der Waals surface area contributed by atoms with Gasteiger partial charge in [0, 0.05) is 17.8 Å². The molecule has 0 saturated carbocycles. The first-order valence-corrected chi connectivity index (χ1v) is 5.08. The molecule has 0 aliphatic heterocycles. The SMILES string of the molecule is CC.CC1=CCC([N+](=O)[O-])CC=C1C. The molecule has 80 valence electrons. The predicted molar refractivity (Wildman–Crippen MR) is 58.9 cm³/mol. The third-order valence-electron chi connectivity index (χ3n) is 2.31. The molecule has 0 heterocycles. The van der Waals surface area contributed by atoms with E-state index < -0.39 is 6.04 Å². The summed E-state index contributed by atoms with van der Waals surface area (Å²) in [6, 6.07) is -0.419. The predicted octanol–water partition coefficient (Wildman–Crippen LogP) is 3.34. The molecule has 0 aromatic rings. The molecule has 1 rings (SSSR count). The first-order chi connectivity index (χ1) is 6.61. The molecule has 0 fully saturated rings. The van der Waals surface area contributed by atoms with E-state index in [0.717, 1.165) is 0 Å². The molecule has 0 aromatic heterocycles. The molecule has 1 aliphatic carbocycles. The number of hydrogen-bond acceptors (Lipinski definition) is 2. The smallest absolute Gasteiger partial charge is 0.220 e. The highest BCUT2D eigenvalue weighted by atomic mass is 16.6. The Morgan fingerprint density at radius 2 is 1.57 bits per heavy atom. The van der Waals surface area contributed by atoms with Crippen LogP contribution in [0, 0.1) is 10.1 Å². The Morgan fingerprint density at radius 1 is 1.21 bits per heavy atom. The Morgan fingerprint density at radius 3 is 1.86 bits per heavy atom. The lowest BCUT2D eigenvalue weighted by Crippen LogP contribution is -2.16. The molecule has 0 N–H and O–H groups in total. The van der Waals surface area contributed by atoms with Crippen LogP contribution < -0.4 is 0 Å². The van der Waals surface area contributed by atoms with Crippen LogP contribution in [-0.2, 0) is 0 Å². The fraction of sp³-hybridized carbons (Fsp3) is 0.636. The van der Waals surface area contributed by atoms with Gasteiger partial charge in [-0.15, -0.1) is 0 Å². The van der Waals surface area contributed by atoms with E-state index in [1.54, 1.807) is 0 Å². The topological polar surface area (TPSA) is 43.1 Å². The molecule has 3 heteroatoms. The summed E-state index contributed by atoms with van der Waals surface area (Å²) in [7, 11) is 0. The molecule has 0 unspecified atom stereocenters. The highest BCUT2D eigenvalue weighted by Crippen LogP contribution is 2.18. The molecule has 0 radical (unpaired) electrons. The fourth-order valence-corrected chi connectivity index (χ4v) is 1.22. The van der Waals surface area contributed by atoms with Gasteiger partial charge in [-0.05, 0) is 13.8 Å². The van der Waals surface area contributed by atoms with Gasteiger partial charge in [0.25, 0.3) is 0 Å². The number of rotatable bonds is 1. The summed E-state index contributed by atoms with van der Waals surface area (Å²) in [6.07, 6.45) is 5.03. The van der Waals surface area contributed by atoms with Gasteiger partial charge in [0.15, 0.2) is 0 Å². The lowest BCUT2D eigenvalue weighted by atomic mass is 10.1. The second-order valence-corrected chi connectivity index (χ2v) is 3.18. The molecule has 0 saturated heterocycles. The zero-order valence-electron chi connectivity index (χ0n) is 9.41. The number of allylic oxidation sites excluding steroid dienone is 2. The maximum Gasteiger partial charge on any atom is 0.220 e. The molecule has 0 amide bonds. The largest absolute Gasteiger partial charge is 0.264 e. The minimum absolute atomic E-state index is 0.196. The van der Waals surface area contributed by atoms with Crippen LogP contribution in [0.1, 0.15) is 40.5 Å². The van der Waals surface area contributed by atoms with E-state index in [4.69, 9.17) is 0 Å². The summed E-state index contributed by atoms with van der Waals surface area (Å²) in [5, 5.41) is 10.5. The van der Waals surface area contributed by atoms with Crippen molar-refractivity contribution < 1.29 is 4.92 Å². The van der Waals surface area contributed by atoms with Crippen LogP contribution in [0.2, 0.25) is 0 Å². The highest BCUT2D eigenvalue weighted by molar-refractivity contribution is 5.28. The van der Waals surface area contributed by atoms with Crippen molar-refractivity contribution in [2.75, 3.05) is 0 Å². The van der Waals surface area contributed by atoms with Gasteiger partial charge < -0.3 is 0 Å². The van der Waals surface area contributed by atoms with Gasteiger partial charge in [0.2, 0.25) is 6.04 Å². The third kappa shape index (κ3) is 3.73. The summed E-state index contributed by atoms with van der Waals surface area (Å²) < 4.78 is 0. The summed E-state index contributed by atoms with van der Waals surface area (Å²) in [4.78, 5) is 10.3. The Kier molecular flexibility index (Phi) is 5.84. The van der Waals surface area contributed by atoms with Crippen molar-refractivity contribution in [2.24, 2.45) is 0 Å². The summed E-state index contributed by atoms with van der Waals surface area (Å²) >= 11 is 0. The zero-order valence-corrected chi connectivity index (χ0v) is 9.41. The molecule has 1 aliphatic rings. The van der Waals surface area contributed by atoms with Crippen molar-refractivity contribution in [3.63, 3.8) is 0 Å². The number of nitrogens with zero attached hydrogens (tertiary/aromatic N) is 1. The molecule has 0 spiro atoms. The van der Waals surface area contributed by atoms with E-state index >= 15 is 0 Å². The molecule has 3 nitrogen and oxygen atoms in total. The normalized spacial score (nSPS) is 17.1. The monoisotopic (exact) mass is 197 g/mol. The standard InChI is InChI=1S/C9H13NO2.C2H6/c1-7-3-5-9(10(11)12)6-4-8(7)2;1-2/h3-4,9H,5-6H2,1-2H3;1-2H3. The molecule has 0 bridgehead atoms. The first-order valence-electron chi connectivity index (χ1n) is 5.08. The van der Waals surface area contributed by atoms with Crippen LogP contribution in [0.5, 0.6) is 0 Å². The van der Waals surface area contributed by atoms with Crippen molar-refractivity contribution >= 4 is 0 Å². The van der Waals surface area contributed by atoms with E-state index in [-0.39, 0.29) is 4.92 Å². The fourth-order valence-electron chi connectivity index (χ4n) is 1.22. The van der Waals surface area contributed by atoms with Crippen molar-refractivity contribution in [3.8, 4) is 0 Å². The zero-order chi connectivity index (χ0) is 11.1. The minimum atomic E-state index is -0.419. The van der Waals surface area contributed by atoms with E-state index in [0.29, 0.717) is 12.8 Å². The summed E-state index contributed by atoms with van der Waals surface area (Å²) in [5.41, 5.74) is 2.33. The Hall–Kier alpha value is -1.12. The van der Waals surface area contributed by atoms with Gasteiger partial charge in [0.05, 0.1) is 0 Å². The second kappa shape index (κ2) is 6.35. The maximum atomic E-state index is 10.5. The lowest BCUT2D eigenvalue weighted by Gasteiger charge is -2.00. The minimum Gasteiger partial charge on any atom is -0.264 e. The van der Waals surface area contributed by atoms with Crippen molar-refractivity contribution in [1.82, 2.24) is 0 Å². The van der Waals surface area contributed by atoms with Crippen LogP contribution in [0.3, 0.4) is 0 Å². The average Bonchev–Trinajstić information content (AvgIpc) is 2.34. The van der Waals surface area contributed by atoms with Crippen molar-refractivity contribution in [1.29, 1.82) is 0 Å². The first kappa shape index (κ1) is 12.9. The third-order valence-corrected chi connectivity index (χ3v) is 2.31. The van der Waals surface area contributed by atoms with Gasteiger partial charge in [-0.25, -0.2) is 0 Å². The Balaban J connectivity index is 0.000000791. The Labute approximate surface area is 85.7 Å². The van der Waals surface area contributed by atoms with E-state index in [9.17, 15) is 10.1 Å². The van der Waals surface area contributed by atoms with Crippen LogP contribution in [0.4, 0.5) is 0 Å². The Bertz CT molecular complexity index is 234. The van der Waals surface area contributed by atoms with Gasteiger partial charge in [-0.3, -0.25) is 10.1 Å². The number of nitro groups is 1. The van der Waals surface area contributed by atoms with Crippen LogP contribution in [0.15, 0.2) is 23.3 Å². The van der Waals surface area contributed by atoms with E-state index in [2.05, 4.69) is 0 Å².